The molecule has 30 heavy (non-hydrogen) atoms. The Labute approximate surface area is 179 Å². The number of hydrogen-bond donors (Lipinski definition) is 0. The zero-order chi connectivity index (χ0) is 20.6. The second-order valence-corrected chi connectivity index (χ2v) is 9.14. The van der Waals surface area contributed by atoms with Crippen LogP contribution in [-0.2, 0) is 6.54 Å². The second-order valence-electron chi connectivity index (χ2n) is 9.14. The maximum atomic E-state index is 4.69. The van der Waals surface area contributed by atoms with Crippen molar-refractivity contribution in [3.8, 4) is 0 Å². The normalized spacial score (nSPS) is 20.9. The molecule has 2 fully saturated rings. The van der Waals surface area contributed by atoms with Gasteiger partial charge in [0.15, 0.2) is 6.20 Å². The number of hydrogen-bond acceptors (Lipinski definition) is 5. The lowest BCUT2D eigenvalue weighted by atomic mass is 9.72. The van der Waals surface area contributed by atoms with Gasteiger partial charge in [-0.2, -0.15) is 0 Å². The van der Waals surface area contributed by atoms with Crippen LogP contribution in [0, 0.1) is 19.3 Å². The van der Waals surface area contributed by atoms with Crippen molar-refractivity contribution in [3.63, 3.8) is 0 Å². The Hall–Kier alpha value is -2.60. The largest absolute Gasteiger partial charge is 0.341 e. The molecule has 0 aliphatic carbocycles. The van der Waals surface area contributed by atoms with E-state index in [-0.39, 0.29) is 0 Å². The molecule has 0 bridgehead atoms. The van der Waals surface area contributed by atoms with Gasteiger partial charge in [0.1, 0.15) is 0 Å². The van der Waals surface area contributed by atoms with Gasteiger partial charge in [-0.1, -0.05) is 22.9 Å². The van der Waals surface area contributed by atoms with E-state index < -0.39 is 0 Å². The molecular weight excluding hydrogens is 372 g/mol. The van der Waals surface area contributed by atoms with E-state index in [1.807, 2.05) is 17.1 Å². The number of para-hydroxylation sites is 1. The maximum absolute atomic E-state index is 4.69. The molecule has 0 radical (unpaired) electrons. The minimum absolute atomic E-state index is 0.434. The summed E-state index contributed by atoms with van der Waals surface area (Å²) in [6.07, 6.45) is 8.96. The van der Waals surface area contributed by atoms with Gasteiger partial charge in [0.25, 0.3) is 0 Å². The Bertz CT molecular complexity index is 967. The van der Waals surface area contributed by atoms with E-state index in [2.05, 4.69) is 69.1 Å². The molecule has 3 aliphatic heterocycles. The summed E-state index contributed by atoms with van der Waals surface area (Å²) in [5.74, 6) is 0.912. The highest BCUT2D eigenvalue weighted by Crippen LogP contribution is 2.41. The van der Waals surface area contributed by atoms with E-state index in [0.717, 1.165) is 37.0 Å². The zero-order valence-corrected chi connectivity index (χ0v) is 18.1. The molecule has 0 N–H and O–H groups in total. The summed E-state index contributed by atoms with van der Waals surface area (Å²) in [5, 5.41) is 4.34. The van der Waals surface area contributed by atoms with Crippen LogP contribution in [0.15, 0.2) is 47.8 Å². The third kappa shape index (κ3) is 3.88. The lowest BCUT2D eigenvalue weighted by Crippen LogP contribution is -2.49. The molecule has 1 spiro atoms. The van der Waals surface area contributed by atoms with Crippen LogP contribution >= 0.6 is 0 Å². The van der Waals surface area contributed by atoms with Gasteiger partial charge in [-0.15, -0.1) is 0 Å². The summed E-state index contributed by atoms with van der Waals surface area (Å²) in [5.41, 5.74) is 5.13. The van der Waals surface area contributed by atoms with Crippen LogP contribution in [0.1, 0.15) is 42.6 Å². The maximum Gasteiger partial charge on any atom is 0.242 e. The van der Waals surface area contributed by atoms with Crippen LogP contribution in [0.5, 0.6) is 0 Å². The van der Waals surface area contributed by atoms with Gasteiger partial charge in [0, 0.05) is 54.3 Å². The molecule has 3 aliphatic rings. The molecule has 5 rings (SSSR count). The number of nitrogens with zero attached hydrogens (tertiary/aromatic N) is 6. The SMILES string of the molecule is Cc1cc(C)nc(N2CCC3(CCCN(Cc4ccccc4[N+]4=NC=C4)C3)CC2)n1. The highest BCUT2D eigenvalue weighted by atomic mass is 15.3. The van der Waals surface area contributed by atoms with Crippen LogP contribution in [0.4, 0.5) is 11.6 Å². The molecule has 156 valence electrons. The number of likely N-dealkylation sites (tertiary alicyclic amines) is 1. The first-order valence-electron chi connectivity index (χ1n) is 11.1. The van der Waals surface area contributed by atoms with E-state index >= 15 is 0 Å². The molecule has 4 heterocycles. The lowest BCUT2D eigenvalue weighted by Gasteiger charge is -2.47. The van der Waals surface area contributed by atoms with Gasteiger partial charge in [-0.3, -0.25) is 4.90 Å². The first-order valence-corrected chi connectivity index (χ1v) is 11.1. The van der Waals surface area contributed by atoms with Gasteiger partial charge in [-0.05, 0) is 57.6 Å². The molecule has 6 heteroatoms. The van der Waals surface area contributed by atoms with E-state index in [9.17, 15) is 0 Å². The molecule has 1 aromatic carbocycles. The quantitative estimate of drug-likeness (QED) is 0.703. The van der Waals surface area contributed by atoms with Crippen molar-refractivity contribution >= 4 is 11.6 Å². The molecule has 1 aromatic heterocycles. The molecule has 6 nitrogen and oxygen atoms in total. The van der Waals surface area contributed by atoms with Crippen molar-refractivity contribution in [2.75, 3.05) is 31.1 Å². The second kappa shape index (κ2) is 7.91. The smallest absolute Gasteiger partial charge is 0.242 e. The molecule has 2 aromatic rings. The number of aryl methyl sites for hydroxylation is 2. The number of anilines is 1. The number of azo groups is 2. The molecular formula is C24H31N6+. The molecule has 0 saturated carbocycles. The highest BCUT2D eigenvalue weighted by molar-refractivity contribution is 5.40. The fourth-order valence-corrected chi connectivity index (χ4v) is 5.27. The van der Waals surface area contributed by atoms with E-state index in [0.29, 0.717) is 5.41 Å². The average Bonchev–Trinajstić information content (AvgIpc) is 2.68. The summed E-state index contributed by atoms with van der Waals surface area (Å²) in [7, 11) is 0. The first kappa shape index (κ1) is 19.4. The van der Waals surface area contributed by atoms with Gasteiger partial charge in [-0.25, -0.2) is 9.97 Å². The number of piperidine rings is 2. The summed E-state index contributed by atoms with van der Waals surface area (Å²) < 4.78 is 1.98. The van der Waals surface area contributed by atoms with Crippen LogP contribution < -0.4 is 4.90 Å². The predicted octanol–water partition coefficient (Wildman–Crippen LogP) is 4.56. The Morgan fingerprint density at radius 1 is 1.00 bits per heavy atom. The van der Waals surface area contributed by atoms with Crippen molar-refractivity contribution in [1.29, 1.82) is 0 Å². The van der Waals surface area contributed by atoms with Crippen LogP contribution in [-0.4, -0.2) is 45.7 Å². The predicted molar refractivity (Wildman–Crippen MR) is 118 cm³/mol. The third-order valence-electron chi connectivity index (χ3n) is 6.85. The topological polar surface area (TPSA) is 47.6 Å². The van der Waals surface area contributed by atoms with Gasteiger partial charge in [0.05, 0.1) is 0 Å². The van der Waals surface area contributed by atoms with Gasteiger partial charge in [0.2, 0.25) is 17.8 Å². The average molecular weight is 404 g/mol. The summed E-state index contributed by atoms with van der Waals surface area (Å²) >= 11 is 0. The van der Waals surface area contributed by atoms with E-state index in [1.54, 1.807) is 0 Å². The van der Waals surface area contributed by atoms with Crippen molar-refractivity contribution in [1.82, 2.24) is 14.9 Å². The Morgan fingerprint density at radius 3 is 2.43 bits per heavy atom. The molecule has 2 saturated heterocycles. The summed E-state index contributed by atoms with van der Waals surface area (Å²) in [6.45, 7) is 9.62. The Morgan fingerprint density at radius 2 is 1.73 bits per heavy atom. The lowest BCUT2D eigenvalue weighted by molar-refractivity contribution is -0.457. The van der Waals surface area contributed by atoms with Crippen molar-refractivity contribution < 1.29 is 4.70 Å². The Balaban J connectivity index is 1.25. The van der Waals surface area contributed by atoms with E-state index in [1.165, 1.54) is 50.0 Å². The van der Waals surface area contributed by atoms with Crippen LogP contribution in [0.2, 0.25) is 0 Å². The zero-order valence-electron chi connectivity index (χ0n) is 18.1. The highest BCUT2D eigenvalue weighted by Gasteiger charge is 2.39. The van der Waals surface area contributed by atoms with Crippen molar-refractivity contribution in [2.45, 2.75) is 46.1 Å². The van der Waals surface area contributed by atoms with Crippen molar-refractivity contribution in [2.24, 2.45) is 10.5 Å². The number of benzene rings is 1. The van der Waals surface area contributed by atoms with Crippen molar-refractivity contribution in [3.05, 3.63) is 59.7 Å². The van der Waals surface area contributed by atoms with Crippen LogP contribution in [0.3, 0.4) is 0 Å². The minimum Gasteiger partial charge on any atom is -0.341 e. The Kier molecular flexibility index (Phi) is 5.11. The minimum atomic E-state index is 0.434. The molecule has 0 amide bonds. The number of aromatic nitrogens is 2. The summed E-state index contributed by atoms with van der Waals surface area (Å²) in [4.78, 5) is 14.4. The van der Waals surface area contributed by atoms with E-state index in [4.69, 9.17) is 0 Å². The summed E-state index contributed by atoms with van der Waals surface area (Å²) in [6, 6.07) is 10.7. The fourth-order valence-electron chi connectivity index (χ4n) is 5.27. The number of rotatable bonds is 4. The fraction of sp³-hybridized carbons (Fsp3) is 0.500. The third-order valence-corrected chi connectivity index (χ3v) is 6.85. The monoisotopic (exact) mass is 403 g/mol. The molecule has 0 atom stereocenters. The van der Waals surface area contributed by atoms with Crippen LogP contribution in [0.25, 0.3) is 0 Å². The first-order chi connectivity index (χ1) is 14.6. The molecule has 0 unspecified atom stereocenters. The standard InChI is InChI=1S/C24H31N6/c1-19-16-20(2)27-23(26-19)29-13-9-24(10-14-29)8-5-12-28(18-24)17-21-6-3-4-7-22(21)30-15-11-25-30/h3-4,6-7,11,15-16H,5,8-10,12-14,17-18H2,1-2H3/q+1. The van der Waals surface area contributed by atoms with Gasteiger partial charge >= 0.3 is 0 Å². The van der Waals surface area contributed by atoms with Gasteiger partial charge < -0.3 is 4.90 Å².